The highest BCUT2D eigenvalue weighted by Crippen LogP contribution is 2.13. The van der Waals surface area contributed by atoms with Crippen LogP contribution in [0.3, 0.4) is 0 Å². The Hall–Kier alpha value is -1.62. The molecule has 1 aromatic carbocycles. The number of carbonyl (C=O) groups excluding carboxylic acids is 1. The highest BCUT2D eigenvalue weighted by Gasteiger charge is 2.15. The third-order valence-electron chi connectivity index (χ3n) is 2.60. The maximum atomic E-state index is 13.1. The zero-order valence-electron chi connectivity index (χ0n) is 10.7. The number of nitrogen functional groups attached to an aromatic ring is 1. The summed E-state index contributed by atoms with van der Waals surface area (Å²) >= 11 is 0. The Bertz CT molecular complexity index is 404. The van der Waals surface area contributed by atoms with Crippen LogP contribution in [0.5, 0.6) is 0 Å². The van der Waals surface area contributed by atoms with Crippen molar-refractivity contribution in [3.63, 3.8) is 0 Å². The first-order valence-electron chi connectivity index (χ1n) is 5.93. The Morgan fingerprint density at radius 1 is 1.56 bits per heavy atom. The van der Waals surface area contributed by atoms with E-state index in [9.17, 15) is 9.18 Å². The van der Waals surface area contributed by atoms with Gasteiger partial charge in [0.25, 0.3) is 5.91 Å². The zero-order valence-corrected chi connectivity index (χ0v) is 10.7. The molecule has 1 unspecified atom stereocenters. The zero-order chi connectivity index (χ0) is 13.5. The van der Waals surface area contributed by atoms with Gasteiger partial charge in [-0.05, 0) is 24.6 Å². The molecule has 0 bridgehead atoms. The lowest BCUT2D eigenvalue weighted by atomic mass is 10.1. The van der Waals surface area contributed by atoms with Crippen LogP contribution >= 0.6 is 0 Å². The third-order valence-corrected chi connectivity index (χ3v) is 2.60. The maximum Gasteiger partial charge on any atom is 0.253 e. The first-order valence-corrected chi connectivity index (χ1v) is 5.93. The molecule has 0 spiro atoms. The van der Waals surface area contributed by atoms with Crippen molar-refractivity contribution in [1.29, 1.82) is 0 Å². The molecule has 0 aliphatic heterocycles. The van der Waals surface area contributed by atoms with E-state index in [1.54, 1.807) is 7.11 Å². The molecule has 1 atom stereocenters. The summed E-state index contributed by atoms with van der Waals surface area (Å²) in [6, 6.07) is 3.66. The first-order chi connectivity index (χ1) is 8.58. The number of nitrogens with two attached hydrogens (primary N) is 1. The Morgan fingerprint density at radius 2 is 2.28 bits per heavy atom. The fourth-order valence-electron chi connectivity index (χ4n) is 1.74. The van der Waals surface area contributed by atoms with E-state index < -0.39 is 5.82 Å². The van der Waals surface area contributed by atoms with E-state index in [1.807, 2.05) is 6.92 Å². The highest BCUT2D eigenvalue weighted by atomic mass is 19.1. The SMILES string of the molecule is CCCC(COC)NC(=O)c1cc(F)ccc1N. The summed E-state index contributed by atoms with van der Waals surface area (Å²) in [5.74, 6) is -0.851. The van der Waals surface area contributed by atoms with Crippen molar-refractivity contribution >= 4 is 11.6 Å². The second-order valence-corrected chi connectivity index (χ2v) is 4.15. The number of amides is 1. The minimum absolute atomic E-state index is 0.0878. The van der Waals surface area contributed by atoms with Crippen LogP contribution in [-0.4, -0.2) is 25.7 Å². The summed E-state index contributed by atoms with van der Waals surface area (Å²) in [6.45, 7) is 2.44. The molecule has 4 nitrogen and oxygen atoms in total. The minimum Gasteiger partial charge on any atom is -0.398 e. The molecule has 0 aromatic heterocycles. The van der Waals surface area contributed by atoms with Gasteiger partial charge in [-0.25, -0.2) is 4.39 Å². The summed E-state index contributed by atoms with van der Waals surface area (Å²) in [5.41, 5.74) is 6.08. The molecule has 18 heavy (non-hydrogen) atoms. The summed E-state index contributed by atoms with van der Waals surface area (Å²) < 4.78 is 18.1. The lowest BCUT2D eigenvalue weighted by Crippen LogP contribution is -2.38. The van der Waals surface area contributed by atoms with Gasteiger partial charge < -0.3 is 15.8 Å². The van der Waals surface area contributed by atoms with E-state index in [1.165, 1.54) is 12.1 Å². The van der Waals surface area contributed by atoms with Gasteiger partial charge in [-0.15, -0.1) is 0 Å². The first kappa shape index (κ1) is 14.4. The minimum atomic E-state index is -0.479. The molecule has 1 aromatic rings. The summed E-state index contributed by atoms with van der Waals surface area (Å²) in [4.78, 5) is 12.0. The van der Waals surface area contributed by atoms with Crippen LogP contribution in [0.15, 0.2) is 18.2 Å². The van der Waals surface area contributed by atoms with Gasteiger partial charge in [-0.2, -0.15) is 0 Å². The molecule has 0 saturated carbocycles. The molecule has 100 valence electrons. The van der Waals surface area contributed by atoms with Gasteiger partial charge in [0.2, 0.25) is 0 Å². The van der Waals surface area contributed by atoms with Crippen LogP contribution in [-0.2, 0) is 4.74 Å². The van der Waals surface area contributed by atoms with E-state index >= 15 is 0 Å². The quantitative estimate of drug-likeness (QED) is 0.763. The number of ether oxygens (including phenoxy) is 1. The average Bonchev–Trinajstić information content (AvgIpc) is 2.33. The van der Waals surface area contributed by atoms with Crippen LogP contribution in [0, 0.1) is 5.82 Å². The maximum absolute atomic E-state index is 13.1. The summed E-state index contributed by atoms with van der Waals surface area (Å²) in [6.07, 6.45) is 1.72. The molecule has 5 heteroatoms. The summed E-state index contributed by atoms with van der Waals surface area (Å²) in [7, 11) is 1.57. The van der Waals surface area contributed by atoms with Crippen LogP contribution in [0.1, 0.15) is 30.1 Å². The highest BCUT2D eigenvalue weighted by molar-refractivity contribution is 5.99. The Labute approximate surface area is 106 Å². The van der Waals surface area contributed by atoms with Crippen molar-refractivity contribution in [2.45, 2.75) is 25.8 Å². The number of hydrogen-bond donors (Lipinski definition) is 2. The van der Waals surface area contributed by atoms with Crippen molar-refractivity contribution in [3.8, 4) is 0 Å². The van der Waals surface area contributed by atoms with Gasteiger partial charge in [-0.3, -0.25) is 4.79 Å². The van der Waals surface area contributed by atoms with E-state index in [-0.39, 0.29) is 23.2 Å². The second kappa shape index (κ2) is 6.96. The number of methoxy groups -OCH3 is 1. The van der Waals surface area contributed by atoms with Crippen LogP contribution in [0.4, 0.5) is 10.1 Å². The van der Waals surface area contributed by atoms with Crippen LogP contribution < -0.4 is 11.1 Å². The molecule has 1 rings (SSSR count). The molecule has 0 saturated heterocycles. The van der Waals surface area contributed by atoms with Gasteiger partial charge in [0.1, 0.15) is 5.82 Å². The number of carbonyl (C=O) groups is 1. The van der Waals surface area contributed by atoms with E-state index in [4.69, 9.17) is 10.5 Å². The number of anilines is 1. The number of nitrogens with one attached hydrogen (secondary N) is 1. The van der Waals surface area contributed by atoms with Crippen LogP contribution in [0.2, 0.25) is 0 Å². The smallest absolute Gasteiger partial charge is 0.253 e. The fourth-order valence-corrected chi connectivity index (χ4v) is 1.74. The number of hydrogen-bond acceptors (Lipinski definition) is 3. The van der Waals surface area contributed by atoms with Crippen molar-refractivity contribution < 1.29 is 13.9 Å². The standard InChI is InChI=1S/C13H19FN2O2/c1-3-4-10(8-18-2)16-13(17)11-7-9(14)5-6-12(11)15/h5-7,10H,3-4,8,15H2,1-2H3,(H,16,17). The van der Waals surface area contributed by atoms with Gasteiger partial charge in [-0.1, -0.05) is 13.3 Å². The lowest BCUT2D eigenvalue weighted by Gasteiger charge is -2.17. The lowest BCUT2D eigenvalue weighted by molar-refractivity contribution is 0.0892. The van der Waals surface area contributed by atoms with Crippen LogP contribution in [0.25, 0.3) is 0 Å². The molecule has 0 heterocycles. The van der Waals surface area contributed by atoms with E-state index in [0.29, 0.717) is 6.61 Å². The molecule has 0 aliphatic rings. The largest absolute Gasteiger partial charge is 0.398 e. The monoisotopic (exact) mass is 254 g/mol. The predicted octanol–water partition coefficient (Wildman–Crippen LogP) is 1.95. The molecule has 3 N–H and O–H groups in total. The van der Waals surface area contributed by atoms with Gasteiger partial charge in [0, 0.05) is 12.8 Å². The topological polar surface area (TPSA) is 64.3 Å². The van der Waals surface area contributed by atoms with Gasteiger partial charge in [0.15, 0.2) is 0 Å². The average molecular weight is 254 g/mol. The van der Waals surface area contributed by atoms with Gasteiger partial charge >= 0.3 is 0 Å². The number of rotatable bonds is 6. The number of halogens is 1. The van der Waals surface area contributed by atoms with Crippen molar-refractivity contribution in [1.82, 2.24) is 5.32 Å². The fraction of sp³-hybridized carbons (Fsp3) is 0.462. The predicted molar refractivity (Wildman–Crippen MR) is 68.9 cm³/mol. The van der Waals surface area contributed by atoms with Crippen molar-refractivity contribution in [3.05, 3.63) is 29.6 Å². The molecule has 0 aliphatic carbocycles. The Morgan fingerprint density at radius 3 is 2.89 bits per heavy atom. The molecule has 1 amide bonds. The van der Waals surface area contributed by atoms with Crippen molar-refractivity contribution in [2.75, 3.05) is 19.5 Å². The normalized spacial score (nSPS) is 12.2. The second-order valence-electron chi connectivity index (χ2n) is 4.15. The Balaban J connectivity index is 2.76. The molecular weight excluding hydrogens is 235 g/mol. The van der Waals surface area contributed by atoms with E-state index in [2.05, 4.69) is 5.32 Å². The molecule has 0 fully saturated rings. The number of benzene rings is 1. The summed E-state index contributed by atoms with van der Waals surface area (Å²) in [5, 5.41) is 2.79. The molecule has 0 radical (unpaired) electrons. The Kier molecular flexibility index (Phi) is 5.58. The third kappa shape index (κ3) is 4.00. The van der Waals surface area contributed by atoms with Crippen molar-refractivity contribution in [2.24, 2.45) is 0 Å². The van der Waals surface area contributed by atoms with E-state index in [0.717, 1.165) is 18.9 Å². The molecular formula is C13H19FN2O2. The van der Waals surface area contributed by atoms with Gasteiger partial charge in [0.05, 0.1) is 18.2 Å².